The van der Waals surface area contributed by atoms with Crippen LogP contribution in [0.25, 0.3) is 16.1 Å². The van der Waals surface area contributed by atoms with Gasteiger partial charge in [-0.15, -0.1) is 11.3 Å². The average Bonchev–Trinajstić information content (AvgIpc) is 3.36. The largest absolute Gasteiger partial charge is 0.457 e. The lowest BCUT2D eigenvalue weighted by Crippen LogP contribution is -2.16. The van der Waals surface area contributed by atoms with E-state index >= 15 is 0 Å². The number of carbonyl (C=O) groups excluding carboxylic acids is 1. The second kappa shape index (κ2) is 7.57. The van der Waals surface area contributed by atoms with Gasteiger partial charge in [0.25, 0.3) is 5.56 Å². The summed E-state index contributed by atoms with van der Waals surface area (Å²) in [6.45, 7) is -0.442. The first kappa shape index (κ1) is 18.3. The van der Waals surface area contributed by atoms with Crippen molar-refractivity contribution in [2.75, 3.05) is 6.61 Å². The third-order valence-electron chi connectivity index (χ3n) is 4.73. The zero-order valence-corrected chi connectivity index (χ0v) is 16.5. The van der Waals surface area contributed by atoms with E-state index < -0.39 is 5.97 Å². The van der Waals surface area contributed by atoms with Gasteiger partial charge in [0.05, 0.1) is 5.69 Å². The molecule has 2 aromatic carbocycles. The maximum absolute atomic E-state index is 12.1. The average molecular weight is 417 g/mol. The summed E-state index contributed by atoms with van der Waals surface area (Å²) >= 11 is 1.34. The van der Waals surface area contributed by atoms with Crippen molar-refractivity contribution in [1.29, 1.82) is 0 Å². The van der Waals surface area contributed by atoms with Crippen LogP contribution in [0.2, 0.25) is 0 Å². The highest BCUT2D eigenvalue weighted by atomic mass is 32.1. The number of benzene rings is 2. The van der Waals surface area contributed by atoms with Crippen molar-refractivity contribution < 1.29 is 14.4 Å². The van der Waals surface area contributed by atoms with Crippen LogP contribution in [0, 0.1) is 0 Å². The molecule has 30 heavy (non-hydrogen) atoms. The topological polar surface area (TPSA) is 82.3 Å². The molecule has 0 spiro atoms. The quantitative estimate of drug-likeness (QED) is 0.324. The lowest BCUT2D eigenvalue weighted by atomic mass is 10.1. The molecule has 0 bridgehead atoms. The number of ether oxygens (including phenoxy) is 1. The Bertz CT molecular complexity index is 1310. The molecule has 2 heterocycles. The summed E-state index contributed by atoms with van der Waals surface area (Å²) in [6, 6.07) is 17.2. The van der Waals surface area contributed by atoms with Crippen LogP contribution in [0.5, 0.6) is 0 Å². The van der Waals surface area contributed by atoms with Crippen LogP contribution < -0.4 is 5.56 Å². The maximum atomic E-state index is 12.1. The van der Waals surface area contributed by atoms with Gasteiger partial charge in [-0.25, -0.2) is 9.78 Å². The highest BCUT2D eigenvalue weighted by Crippen LogP contribution is 2.36. The summed E-state index contributed by atoms with van der Waals surface area (Å²) in [6.07, 6.45) is 1.65. The Balaban J connectivity index is 1.26. The fraction of sp³-hybridized carbons (Fsp3) is 0.0909. The summed E-state index contributed by atoms with van der Waals surface area (Å²) in [5.74, 6) is -0.591. The van der Waals surface area contributed by atoms with E-state index in [9.17, 15) is 9.59 Å². The van der Waals surface area contributed by atoms with E-state index in [0.717, 1.165) is 22.3 Å². The minimum Gasteiger partial charge on any atom is -0.457 e. The number of esters is 1. The first-order valence-corrected chi connectivity index (χ1v) is 10.1. The second-order valence-corrected chi connectivity index (χ2v) is 7.48. The van der Waals surface area contributed by atoms with Crippen molar-refractivity contribution in [3.8, 4) is 11.1 Å². The Hall–Kier alpha value is -3.78. The minimum absolute atomic E-state index is 0.103. The molecule has 8 heteroatoms. The van der Waals surface area contributed by atoms with E-state index in [4.69, 9.17) is 9.57 Å². The summed E-state index contributed by atoms with van der Waals surface area (Å²) in [5, 5.41) is 5.97. The van der Waals surface area contributed by atoms with E-state index in [0.29, 0.717) is 16.4 Å². The number of hydrogen-bond donors (Lipinski definition) is 0. The predicted octanol–water partition coefficient (Wildman–Crippen LogP) is 3.25. The van der Waals surface area contributed by atoms with Crippen LogP contribution in [0.15, 0.2) is 76.1 Å². The summed E-state index contributed by atoms with van der Waals surface area (Å²) in [7, 11) is 0. The number of carbonyl (C=O) groups is 1. The molecular weight excluding hydrogens is 402 g/mol. The van der Waals surface area contributed by atoms with Gasteiger partial charge in [0, 0.05) is 28.8 Å². The second-order valence-electron chi connectivity index (χ2n) is 6.61. The zero-order valence-electron chi connectivity index (χ0n) is 15.6. The van der Waals surface area contributed by atoms with Crippen LogP contribution in [-0.4, -0.2) is 27.7 Å². The van der Waals surface area contributed by atoms with Crippen LogP contribution in [0.4, 0.5) is 0 Å². The fourth-order valence-corrected chi connectivity index (χ4v) is 4.14. The Kier molecular flexibility index (Phi) is 4.61. The Labute approximate surface area is 174 Å². The van der Waals surface area contributed by atoms with Gasteiger partial charge in [-0.2, -0.15) is 0 Å². The summed E-state index contributed by atoms with van der Waals surface area (Å²) < 4.78 is 6.61. The van der Waals surface area contributed by atoms with Crippen LogP contribution in [0.3, 0.4) is 0 Å². The van der Waals surface area contributed by atoms with Crippen molar-refractivity contribution in [3.63, 3.8) is 0 Å². The Morgan fingerprint density at radius 3 is 2.40 bits per heavy atom. The fourth-order valence-electron chi connectivity index (χ4n) is 3.40. The number of fused-ring (bicyclic) bond motifs is 4. The smallest absolute Gasteiger partial charge is 0.347 e. The number of hydrogen-bond acceptors (Lipinski definition) is 7. The molecule has 1 aliphatic rings. The lowest BCUT2D eigenvalue weighted by molar-refractivity contribution is -0.150. The molecule has 2 aromatic heterocycles. The van der Waals surface area contributed by atoms with E-state index in [1.165, 1.54) is 21.8 Å². The molecule has 0 N–H and O–H groups in total. The lowest BCUT2D eigenvalue weighted by Gasteiger charge is -2.05. The first-order valence-electron chi connectivity index (χ1n) is 9.21. The third kappa shape index (κ3) is 3.27. The standard InChI is InChI=1S/C22H15N3O4S/c26-19-11-14(23-22-25(19)9-10-30-22)12-28-20(27)13-29-24-21-17-7-3-1-5-15(17)16-6-2-4-8-18(16)21/h1-11H,12-13H2. The van der Waals surface area contributed by atoms with E-state index in [-0.39, 0.29) is 18.8 Å². The number of rotatable bonds is 5. The van der Waals surface area contributed by atoms with Gasteiger partial charge in [-0.05, 0) is 11.1 Å². The number of oxime groups is 1. The normalized spacial score (nSPS) is 11.8. The number of thiazole rings is 1. The monoisotopic (exact) mass is 417 g/mol. The molecule has 0 radical (unpaired) electrons. The van der Waals surface area contributed by atoms with Crippen molar-refractivity contribution in [1.82, 2.24) is 9.38 Å². The van der Waals surface area contributed by atoms with Crippen molar-refractivity contribution in [2.24, 2.45) is 5.16 Å². The van der Waals surface area contributed by atoms with Gasteiger partial charge in [-0.1, -0.05) is 53.7 Å². The number of aromatic nitrogens is 2. The summed E-state index contributed by atoms with van der Waals surface area (Å²) in [5.41, 5.74) is 4.95. The molecule has 5 rings (SSSR count). The van der Waals surface area contributed by atoms with Gasteiger partial charge in [0.1, 0.15) is 12.3 Å². The van der Waals surface area contributed by atoms with Gasteiger partial charge < -0.3 is 9.57 Å². The van der Waals surface area contributed by atoms with Gasteiger partial charge in [0.15, 0.2) is 4.96 Å². The number of nitrogens with zero attached hydrogens (tertiary/aromatic N) is 3. The van der Waals surface area contributed by atoms with Gasteiger partial charge in [0.2, 0.25) is 6.61 Å². The SMILES string of the molecule is O=C(CON=C1c2ccccc2-c2ccccc21)OCc1cc(=O)n2ccsc2n1. The van der Waals surface area contributed by atoms with Crippen LogP contribution >= 0.6 is 11.3 Å². The molecular formula is C22H15N3O4S. The van der Waals surface area contributed by atoms with E-state index in [1.54, 1.807) is 11.6 Å². The molecule has 0 amide bonds. The maximum Gasteiger partial charge on any atom is 0.347 e. The minimum atomic E-state index is -0.591. The van der Waals surface area contributed by atoms with E-state index in [1.807, 2.05) is 48.5 Å². The van der Waals surface area contributed by atoms with Gasteiger partial charge >= 0.3 is 5.97 Å². The summed E-state index contributed by atoms with van der Waals surface area (Å²) in [4.78, 5) is 34.2. The van der Waals surface area contributed by atoms with Crippen molar-refractivity contribution >= 4 is 28.0 Å². The molecule has 0 aliphatic heterocycles. The third-order valence-corrected chi connectivity index (χ3v) is 5.49. The zero-order chi connectivity index (χ0) is 20.5. The molecule has 0 atom stereocenters. The van der Waals surface area contributed by atoms with E-state index in [2.05, 4.69) is 10.1 Å². The van der Waals surface area contributed by atoms with Crippen molar-refractivity contribution in [2.45, 2.75) is 6.61 Å². The molecule has 0 saturated carbocycles. The van der Waals surface area contributed by atoms with Gasteiger partial charge in [-0.3, -0.25) is 9.20 Å². The molecule has 7 nitrogen and oxygen atoms in total. The molecule has 148 valence electrons. The highest BCUT2D eigenvalue weighted by Gasteiger charge is 2.24. The molecule has 4 aromatic rings. The molecule has 0 saturated heterocycles. The Morgan fingerprint density at radius 1 is 1.03 bits per heavy atom. The van der Waals surface area contributed by atoms with Crippen molar-refractivity contribution in [3.05, 3.63) is 93.3 Å². The predicted molar refractivity (Wildman–Crippen MR) is 113 cm³/mol. The van der Waals surface area contributed by atoms with Crippen LogP contribution in [0.1, 0.15) is 16.8 Å². The molecule has 1 aliphatic carbocycles. The Morgan fingerprint density at radius 2 is 1.70 bits per heavy atom. The first-order chi connectivity index (χ1) is 14.7. The van der Waals surface area contributed by atoms with Crippen LogP contribution in [-0.2, 0) is 21.0 Å². The highest BCUT2D eigenvalue weighted by molar-refractivity contribution is 7.15. The molecule has 0 fully saturated rings. The molecule has 0 unspecified atom stereocenters.